The van der Waals surface area contributed by atoms with Gasteiger partial charge in [-0.2, -0.15) is 0 Å². The summed E-state index contributed by atoms with van der Waals surface area (Å²) < 4.78 is 0. The molecule has 0 amide bonds. The first-order chi connectivity index (χ1) is 9.60. The van der Waals surface area contributed by atoms with Crippen molar-refractivity contribution in [3.8, 4) is 0 Å². The summed E-state index contributed by atoms with van der Waals surface area (Å²) in [6, 6.07) is 13.5. The van der Waals surface area contributed by atoms with Gasteiger partial charge in [0.25, 0.3) is 0 Å². The van der Waals surface area contributed by atoms with Crippen molar-refractivity contribution >= 4 is 11.5 Å². The Bertz CT molecular complexity index is 608. The number of oxime groups is 1. The summed E-state index contributed by atoms with van der Waals surface area (Å²) in [7, 11) is 2.00. The van der Waals surface area contributed by atoms with E-state index in [1.807, 2.05) is 56.4 Å². The number of aryl methyl sites for hydroxylation is 1. The number of pyridine rings is 1. The molecule has 0 saturated carbocycles. The summed E-state index contributed by atoms with van der Waals surface area (Å²) in [5.74, 6) is 0.111. The molecule has 20 heavy (non-hydrogen) atoms. The fourth-order valence-electron chi connectivity index (χ4n) is 1.97. The number of anilines is 1. The van der Waals surface area contributed by atoms with Gasteiger partial charge in [-0.3, -0.25) is 4.98 Å². The van der Waals surface area contributed by atoms with Gasteiger partial charge in [0.2, 0.25) is 0 Å². The summed E-state index contributed by atoms with van der Waals surface area (Å²) >= 11 is 0. The van der Waals surface area contributed by atoms with Crippen molar-refractivity contribution in [3.63, 3.8) is 0 Å². The van der Waals surface area contributed by atoms with Gasteiger partial charge in [-0.15, -0.1) is 0 Å². The second-order valence-corrected chi connectivity index (χ2v) is 4.66. The van der Waals surface area contributed by atoms with Gasteiger partial charge < -0.3 is 15.8 Å². The summed E-state index contributed by atoms with van der Waals surface area (Å²) in [4.78, 5) is 6.58. The fraction of sp³-hybridized carbons (Fsp3) is 0.200. The lowest BCUT2D eigenvalue weighted by Crippen LogP contribution is -2.18. The highest BCUT2D eigenvalue weighted by molar-refractivity contribution is 5.97. The van der Waals surface area contributed by atoms with Crippen molar-refractivity contribution < 1.29 is 5.21 Å². The third kappa shape index (κ3) is 3.26. The van der Waals surface area contributed by atoms with Gasteiger partial charge in [-0.05, 0) is 43.3 Å². The molecule has 0 radical (unpaired) electrons. The van der Waals surface area contributed by atoms with E-state index in [-0.39, 0.29) is 5.84 Å². The van der Waals surface area contributed by atoms with Crippen LogP contribution in [-0.2, 0) is 6.54 Å². The number of aromatic nitrogens is 1. The Balaban J connectivity index is 2.11. The summed E-state index contributed by atoms with van der Waals surface area (Å²) in [6.45, 7) is 2.71. The monoisotopic (exact) mass is 270 g/mol. The van der Waals surface area contributed by atoms with Crippen LogP contribution in [0.15, 0.2) is 47.6 Å². The van der Waals surface area contributed by atoms with Gasteiger partial charge in [-0.25, -0.2) is 0 Å². The predicted octanol–water partition coefficient (Wildman–Crippen LogP) is 2.12. The summed E-state index contributed by atoms with van der Waals surface area (Å²) in [6.07, 6.45) is 0. The van der Waals surface area contributed by atoms with E-state index in [9.17, 15) is 0 Å². The maximum Gasteiger partial charge on any atom is 0.170 e. The molecule has 0 aliphatic carbocycles. The van der Waals surface area contributed by atoms with E-state index in [0.717, 1.165) is 23.6 Å². The van der Waals surface area contributed by atoms with Gasteiger partial charge in [0.1, 0.15) is 0 Å². The SMILES string of the molecule is Cc1cccc(CN(C)c2ccc(/C(N)=N/O)cc2)n1. The Morgan fingerprint density at radius 1 is 1.25 bits per heavy atom. The molecule has 5 heteroatoms. The van der Waals surface area contributed by atoms with Crippen LogP contribution in [-0.4, -0.2) is 23.1 Å². The molecule has 1 aromatic heterocycles. The molecule has 0 unspecified atom stereocenters. The molecule has 0 fully saturated rings. The van der Waals surface area contributed by atoms with Crippen LogP contribution >= 0.6 is 0 Å². The third-order valence-corrected chi connectivity index (χ3v) is 3.06. The maximum absolute atomic E-state index is 8.63. The maximum atomic E-state index is 8.63. The first-order valence-electron chi connectivity index (χ1n) is 6.32. The minimum Gasteiger partial charge on any atom is -0.409 e. The van der Waals surface area contributed by atoms with Crippen LogP contribution in [0.5, 0.6) is 0 Å². The van der Waals surface area contributed by atoms with E-state index in [1.54, 1.807) is 0 Å². The zero-order valence-electron chi connectivity index (χ0n) is 11.6. The Labute approximate surface area is 118 Å². The van der Waals surface area contributed by atoms with Crippen LogP contribution in [0.4, 0.5) is 5.69 Å². The number of hydrogen-bond donors (Lipinski definition) is 2. The smallest absolute Gasteiger partial charge is 0.170 e. The van der Waals surface area contributed by atoms with Crippen molar-refractivity contribution in [3.05, 3.63) is 59.4 Å². The first-order valence-corrected chi connectivity index (χ1v) is 6.32. The Morgan fingerprint density at radius 3 is 2.55 bits per heavy atom. The molecule has 5 nitrogen and oxygen atoms in total. The zero-order valence-corrected chi connectivity index (χ0v) is 11.6. The molecule has 2 aromatic rings. The topological polar surface area (TPSA) is 74.7 Å². The van der Waals surface area contributed by atoms with Gasteiger partial charge in [-0.1, -0.05) is 11.2 Å². The average molecular weight is 270 g/mol. The molecule has 3 N–H and O–H groups in total. The molecule has 2 rings (SSSR count). The number of benzene rings is 1. The second-order valence-electron chi connectivity index (χ2n) is 4.66. The van der Waals surface area contributed by atoms with Crippen molar-refractivity contribution in [1.82, 2.24) is 4.98 Å². The second kappa shape index (κ2) is 6.06. The number of amidine groups is 1. The van der Waals surface area contributed by atoms with Crippen LogP contribution in [0.2, 0.25) is 0 Å². The number of rotatable bonds is 4. The van der Waals surface area contributed by atoms with Crippen LogP contribution in [0.1, 0.15) is 17.0 Å². The predicted molar refractivity (Wildman–Crippen MR) is 80.0 cm³/mol. The molecular weight excluding hydrogens is 252 g/mol. The zero-order chi connectivity index (χ0) is 14.5. The normalized spacial score (nSPS) is 11.4. The van der Waals surface area contributed by atoms with E-state index in [1.165, 1.54) is 0 Å². The lowest BCUT2D eigenvalue weighted by atomic mass is 10.2. The molecule has 0 bridgehead atoms. The van der Waals surface area contributed by atoms with Crippen molar-refractivity contribution in [2.24, 2.45) is 10.9 Å². The number of nitrogens with zero attached hydrogens (tertiary/aromatic N) is 3. The quantitative estimate of drug-likeness (QED) is 0.386. The van der Waals surface area contributed by atoms with Crippen LogP contribution < -0.4 is 10.6 Å². The first kappa shape index (κ1) is 13.9. The minimum atomic E-state index is 0.111. The summed E-state index contributed by atoms with van der Waals surface area (Å²) in [5.41, 5.74) is 9.31. The molecule has 0 aliphatic rings. The molecule has 0 saturated heterocycles. The molecule has 0 aliphatic heterocycles. The highest BCUT2D eigenvalue weighted by atomic mass is 16.4. The largest absolute Gasteiger partial charge is 0.409 e. The van der Waals surface area contributed by atoms with E-state index in [0.29, 0.717) is 5.56 Å². The van der Waals surface area contributed by atoms with Crippen LogP contribution in [0.3, 0.4) is 0 Å². The van der Waals surface area contributed by atoms with Crippen LogP contribution in [0, 0.1) is 6.92 Å². The van der Waals surface area contributed by atoms with E-state index in [4.69, 9.17) is 10.9 Å². The summed E-state index contributed by atoms with van der Waals surface area (Å²) in [5, 5.41) is 11.6. The van der Waals surface area contributed by atoms with Gasteiger partial charge in [0.15, 0.2) is 5.84 Å². The average Bonchev–Trinajstić information content (AvgIpc) is 2.46. The Hall–Kier alpha value is -2.56. The van der Waals surface area contributed by atoms with E-state index in [2.05, 4.69) is 15.0 Å². The highest BCUT2D eigenvalue weighted by Gasteiger charge is 2.05. The molecule has 1 heterocycles. The number of nitrogens with two attached hydrogens (primary N) is 1. The lowest BCUT2D eigenvalue weighted by Gasteiger charge is -2.19. The van der Waals surface area contributed by atoms with Crippen molar-refractivity contribution in [1.29, 1.82) is 0 Å². The fourth-order valence-corrected chi connectivity index (χ4v) is 1.97. The molecule has 0 spiro atoms. The molecular formula is C15H18N4O. The van der Waals surface area contributed by atoms with Gasteiger partial charge >= 0.3 is 0 Å². The molecule has 0 atom stereocenters. The van der Waals surface area contributed by atoms with Gasteiger partial charge in [0.05, 0.1) is 12.2 Å². The minimum absolute atomic E-state index is 0.111. The van der Waals surface area contributed by atoms with E-state index < -0.39 is 0 Å². The highest BCUT2D eigenvalue weighted by Crippen LogP contribution is 2.16. The lowest BCUT2D eigenvalue weighted by molar-refractivity contribution is 0.318. The standard InChI is InChI=1S/C15H18N4O/c1-11-4-3-5-13(17-11)10-19(2)14-8-6-12(7-9-14)15(16)18-20/h3-9,20H,10H2,1-2H3,(H2,16,18). The number of hydrogen-bond acceptors (Lipinski definition) is 4. The van der Waals surface area contributed by atoms with E-state index >= 15 is 0 Å². The van der Waals surface area contributed by atoms with Gasteiger partial charge in [0, 0.05) is 24.0 Å². The van der Waals surface area contributed by atoms with Crippen molar-refractivity contribution in [2.75, 3.05) is 11.9 Å². The van der Waals surface area contributed by atoms with Crippen LogP contribution in [0.25, 0.3) is 0 Å². The molecule has 104 valence electrons. The third-order valence-electron chi connectivity index (χ3n) is 3.06. The Kier molecular flexibility index (Phi) is 4.20. The van der Waals surface area contributed by atoms with Crippen molar-refractivity contribution in [2.45, 2.75) is 13.5 Å². The Morgan fingerprint density at radius 2 is 1.95 bits per heavy atom. The molecule has 1 aromatic carbocycles.